The van der Waals surface area contributed by atoms with E-state index in [1.165, 1.54) is 6.07 Å². The first-order chi connectivity index (χ1) is 5.36. The van der Waals surface area contributed by atoms with E-state index in [0.29, 0.717) is 18.8 Å². The van der Waals surface area contributed by atoms with Crippen molar-refractivity contribution >= 4 is 0 Å². The van der Waals surface area contributed by atoms with E-state index in [0.717, 1.165) is 5.56 Å². The summed E-state index contributed by atoms with van der Waals surface area (Å²) in [6, 6.07) is 5.40. The standard InChI is InChI=1S/C8H6FO2/c9-7-1-2-8-6(5-7)3-4-10-11-8/h1-2H,3-4H2. The molecule has 2 nitrogen and oxygen atoms in total. The molecule has 0 fully saturated rings. The molecule has 0 bridgehead atoms. The van der Waals surface area contributed by atoms with Gasteiger partial charge in [0, 0.05) is 18.1 Å². The molecule has 11 heavy (non-hydrogen) atoms. The Morgan fingerprint density at radius 1 is 1.45 bits per heavy atom. The highest BCUT2D eigenvalue weighted by Gasteiger charge is 2.11. The Labute approximate surface area is 63.5 Å². The molecule has 0 spiro atoms. The van der Waals surface area contributed by atoms with Crippen LogP contribution in [0.4, 0.5) is 4.39 Å². The van der Waals surface area contributed by atoms with Crippen molar-refractivity contribution in [3.63, 3.8) is 0 Å². The molecule has 1 aromatic carbocycles. The first-order valence-electron chi connectivity index (χ1n) is 3.36. The minimum Gasteiger partial charge on any atom is -0.337 e. The predicted octanol–water partition coefficient (Wildman–Crippen LogP) is 1.49. The second-order valence-electron chi connectivity index (χ2n) is 2.30. The van der Waals surface area contributed by atoms with Gasteiger partial charge in [-0.15, -0.1) is 0 Å². The summed E-state index contributed by atoms with van der Waals surface area (Å²) in [5.41, 5.74) is 0.747. The van der Waals surface area contributed by atoms with Crippen molar-refractivity contribution < 1.29 is 14.2 Å². The summed E-state index contributed by atoms with van der Waals surface area (Å²) in [5.74, 6) is 0.215. The Morgan fingerprint density at radius 2 is 2.36 bits per heavy atom. The molecule has 1 aliphatic rings. The van der Waals surface area contributed by atoms with Gasteiger partial charge in [0.15, 0.2) is 5.75 Å². The molecule has 0 saturated carbocycles. The van der Waals surface area contributed by atoms with E-state index in [2.05, 4.69) is 6.07 Å². The Balaban J connectivity index is 2.43. The Hall–Kier alpha value is -1.09. The zero-order chi connectivity index (χ0) is 7.68. The zero-order valence-electron chi connectivity index (χ0n) is 5.76. The third-order valence-corrected chi connectivity index (χ3v) is 1.53. The highest BCUT2D eigenvalue weighted by molar-refractivity contribution is 5.33. The van der Waals surface area contributed by atoms with Gasteiger partial charge in [0.2, 0.25) is 0 Å². The minimum absolute atomic E-state index is 0.353. The van der Waals surface area contributed by atoms with Gasteiger partial charge in [-0.2, -0.15) is 4.89 Å². The highest BCUT2D eigenvalue weighted by Crippen LogP contribution is 2.22. The fourth-order valence-electron chi connectivity index (χ4n) is 1.01. The van der Waals surface area contributed by atoms with Crippen molar-refractivity contribution in [1.29, 1.82) is 0 Å². The quantitative estimate of drug-likeness (QED) is 0.526. The largest absolute Gasteiger partial charge is 0.337 e. The maximum atomic E-state index is 12.5. The molecular weight excluding hydrogens is 147 g/mol. The molecule has 0 N–H and O–H groups in total. The van der Waals surface area contributed by atoms with Gasteiger partial charge in [-0.1, -0.05) is 0 Å². The van der Waals surface area contributed by atoms with Crippen LogP contribution in [0.3, 0.4) is 0 Å². The molecule has 1 aliphatic heterocycles. The molecule has 1 heterocycles. The average Bonchev–Trinajstić information content (AvgIpc) is 2.04. The Kier molecular flexibility index (Phi) is 1.51. The van der Waals surface area contributed by atoms with E-state index in [1.54, 1.807) is 6.07 Å². The molecular formula is C8H6FO2. The fraction of sp³-hybridized carbons (Fsp3) is 0.250. The maximum absolute atomic E-state index is 12.5. The first-order valence-corrected chi connectivity index (χ1v) is 3.36. The van der Waals surface area contributed by atoms with Gasteiger partial charge in [0.1, 0.15) is 5.82 Å². The second-order valence-corrected chi connectivity index (χ2v) is 2.30. The minimum atomic E-state index is -0.353. The molecule has 2 rings (SSSR count). The van der Waals surface area contributed by atoms with Crippen LogP contribution in [-0.4, -0.2) is 6.61 Å². The molecule has 0 aliphatic carbocycles. The monoisotopic (exact) mass is 153 g/mol. The Bertz CT molecular complexity index is 273. The molecule has 0 amide bonds. The molecule has 3 heteroatoms. The second kappa shape index (κ2) is 2.51. The predicted molar refractivity (Wildman–Crippen MR) is 35.5 cm³/mol. The van der Waals surface area contributed by atoms with Crippen molar-refractivity contribution in [2.45, 2.75) is 6.42 Å². The van der Waals surface area contributed by atoms with Gasteiger partial charge in [0.05, 0.1) is 6.61 Å². The summed E-state index contributed by atoms with van der Waals surface area (Å²) < 4.78 is 12.5. The molecule has 0 saturated heterocycles. The van der Waals surface area contributed by atoms with Crippen LogP contribution in [0.15, 0.2) is 12.1 Å². The normalized spacial score (nSPS) is 15.4. The third-order valence-electron chi connectivity index (χ3n) is 1.53. The summed E-state index contributed by atoms with van der Waals surface area (Å²) in [6.45, 7) is 0.465. The van der Waals surface area contributed by atoms with Gasteiger partial charge in [-0.3, -0.25) is 0 Å². The van der Waals surface area contributed by atoms with Crippen LogP contribution in [0, 0.1) is 11.9 Å². The van der Waals surface area contributed by atoms with Crippen LogP contribution in [-0.2, 0) is 11.3 Å². The van der Waals surface area contributed by atoms with Crippen LogP contribution in [0.2, 0.25) is 0 Å². The lowest BCUT2D eigenvalue weighted by atomic mass is 10.1. The summed E-state index contributed by atoms with van der Waals surface area (Å²) in [4.78, 5) is 9.47. The zero-order valence-corrected chi connectivity index (χ0v) is 5.76. The number of halogens is 1. The van der Waals surface area contributed by atoms with Crippen LogP contribution in [0.5, 0.6) is 5.75 Å². The molecule has 0 aromatic heterocycles. The van der Waals surface area contributed by atoms with E-state index in [-0.39, 0.29) is 5.82 Å². The maximum Gasteiger partial charge on any atom is 0.169 e. The lowest BCUT2D eigenvalue weighted by Crippen LogP contribution is -2.10. The SMILES string of the molecule is Fc1[c]c2c(cc1)OOCC2. The van der Waals surface area contributed by atoms with E-state index in [4.69, 9.17) is 9.78 Å². The average molecular weight is 153 g/mol. The van der Waals surface area contributed by atoms with Gasteiger partial charge in [-0.25, -0.2) is 4.39 Å². The number of rotatable bonds is 0. The summed E-state index contributed by atoms with van der Waals surface area (Å²) in [5, 5.41) is 0. The molecule has 1 radical (unpaired) electrons. The van der Waals surface area contributed by atoms with Gasteiger partial charge < -0.3 is 4.89 Å². The van der Waals surface area contributed by atoms with E-state index in [1.807, 2.05) is 0 Å². The Morgan fingerprint density at radius 3 is 3.27 bits per heavy atom. The first kappa shape index (κ1) is 6.61. The summed E-state index contributed by atoms with van der Waals surface area (Å²) >= 11 is 0. The van der Waals surface area contributed by atoms with Crippen molar-refractivity contribution in [2.75, 3.05) is 6.61 Å². The topological polar surface area (TPSA) is 18.5 Å². The van der Waals surface area contributed by atoms with Crippen LogP contribution in [0.1, 0.15) is 5.56 Å². The smallest absolute Gasteiger partial charge is 0.169 e. The molecule has 0 unspecified atom stereocenters. The molecule has 0 atom stereocenters. The van der Waals surface area contributed by atoms with Gasteiger partial charge >= 0.3 is 0 Å². The molecule has 1 aromatic rings. The van der Waals surface area contributed by atoms with Gasteiger partial charge in [-0.05, 0) is 12.1 Å². The lowest BCUT2D eigenvalue weighted by molar-refractivity contribution is -0.215. The van der Waals surface area contributed by atoms with Crippen molar-refractivity contribution in [3.05, 3.63) is 29.6 Å². The van der Waals surface area contributed by atoms with E-state index in [9.17, 15) is 4.39 Å². The van der Waals surface area contributed by atoms with Gasteiger partial charge in [0.25, 0.3) is 0 Å². The fourth-order valence-corrected chi connectivity index (χ4v) is 1.01. The van der Waals surface area contributed by atoms with Crippen molar-refractivity contribution in [2.24, 2.45) is 0 Å². The van der Waals surface area contributed by atoms with E-state index < -0.39 is 0 Å². The van der Waals surface area contributed by atoms with E-state index >= 15 is 0 Å². The van der Waals surface area contributed by atoms with Crippen LogP contribution >= 0.6 is 0 Å². The van der Waals surface area contributed by atoms with Crippen molar-refractivity contribution in [1.82, 2.24) is 0 Å². The highest BCUT2D eigenvalue weighted by atomic mass is 19.1. The summed E-state index contributed by atoms with van der Waals surface area (Å²) in [7, 11) is 0. The third kappa shape index (κ3) is 1.19. The number of benzene rings is 1. The molecule has 57 valence electrons. The van der Waals surface area contributed by atoms with Crippen LogP contribution in [0.25, 0.3) is 0 Å². The van der Waals surface area contributed by atoms with Crippen LogP contribution < -0.4 is 4.89 Å². The number of fused-ring (bicyclic) bond motifs is 1. The number of hydrogen-bond acceptors (Lipinski definition) is 2. The number of hydrogen-bond donors (Lipinski definition) is 0. The summed E-state index contributed by atoms with van der Waals surface area (Å²) in [6.07, 6.45) is 0.660. The lowest BCUT2D eigenvalue weighted by Gasteiger charge is -2.14. The van der Waals surface area contributed by atoms with Crippen molar-refractivity contribution in [3.8, 4) is 5.75 Å².